The van der Waals surface area contributed by atoms with Crippen LogP contribution in [0, 0.1) is 34.5 Å². The summed E-state index contributed by atoms with van der Waals surface area (Å²) in [7, 11) is 0. The molecule has 0 aromatic heterocycles. The first-order chi connectivity index (χ1) is 12.7. The molecule has 4 heteroatoms. The van der Waals surface area contributed by atoms with E-state index in [1.165, 1.54) is 6.42 Å². The van der Waals surface area contributed by atoms with Gasteiger partial charge in [0, 0.05) is 17.9 Å². The monoisotopic (exact) mass is 372 g/mol. The highest BCUT2D eigenvalue weighted by molar-refractivity contribution is 5.96. The number of ketones is 1. The summed E-state index contributed by atoms with van der Waals surface area (Å²) in [5.74, 6) is 1.18. The molecule has 1 aliphatic heterocycles. The van der Waals surface area contributed by atoms with Crippen LogP contribution in [0.4, 0.5) is 0 Å². The van der Waals surface area contributed by atoms with Crippen molar-refractivity contribution < 1.29 is 19.4 Å². The number of ether oxygens (including phenoxy) is 2. The van der Waals surface area contributed by atoms with Crippen LogP contribution >= 0.6 is 0 Å². The predicted molar refractivity (Wildman–Crippen MR) is 102 cm³/mol. The Morgan fingerprint density at radius 3 is 2.59 bits per heavy atom. The van der Waals surface area contributed by atoms with Crippen molar-refractivity contribution in [3.63, 3.8) is 0 Å². The van der Waals surface area contributed by atoms with Crippen LogP contribution in [-0.2, 0) is 14.3 Å². The molecule has 3 saturated carbocycles. The van der Waals surface area contributed by atoms with E-state index in [4.69, 9.17) is 9.47 Å². The number of allylic oxidation sites excluding steroid dienone is 3. The molecule has 8 atom stereocenters. The fourth-order valence-electron chi connectivity index (χ4n) is 7.55. The van der Waals surface area contributed by atoms with Gasteiger partial charge in [0.1, 0.15) is 0 Å². The van der Waals surface area contributed by atoms with Gasteiger partial charge in [-0.25, -0.2) is 0 Å². The van der Waals surface area contributed by atoms with E-state index in [0.29, 0.717) is 36.2 Å². The topological polar surface area (TPSA) is 55.8 Å². The van der Waals surface area contributed by atoms with Gasteiger partial charge in [0.25, 0.3) is 0 Å². The van der Waals surface area contributed by atoms with E-state index in [1.54, 1.807) is 0 Å². The summed E-state index contributed by atoms with van der Waals surface area (Å²) in [4.78, 5) is 12.6. The summed E-state index contributed by atoms with van der Waals surface area (Å²) in [5, 5.41) is 9.68. The highest BCUT2D eigenvalue weighted by Gasteiger charge is 2.67. The zero-order valence-electron chi connectivity index (χ0n) is 16.9. The number of aliphatic hydroxyl groups excluding tert-OH is 1. The Morgan fingerprint density at radius 2 is 1.85 bits per heavy atom. The van der Waals surface area contributed by atoms with Crippen molar-refractivity contribution in [2.45, 2.75) is 77.8 Å². The van der Waals surface area contributed by atoms with Crippen LogP contribution in [0.25, 0.3) is 0 Å². The molecule has 4 nitrogen and oxygen atoms in total. The van der Waals surface area contributed by atoms with Gasteiger partial charge < -0.3 is 14.6 Å². The smallest absolute Gasteiger partial charge is 0.163 e. The van der Waals surface area contributed by atoms with Crippen molar-refractivity contribution in [1.82, 2.24) is 0 Å². The van der Waals surface area contributed by atoms with E-state index in [-0.39, 0.29) is 34.7 Å². The third-order valence-electron chi connectivity index (χ3n) is 8.78. The Hall–Kier alpha value is -1.13. The lowest BCUT2D eigenvalue weighted by molar-refractivity contribution is -0.169. The number of Topliss-reactive ketones (excluding diaryl/α,β-unsaturated/α-hetero) is 1. The van der Waals surface area contributed by atoms with Crippen molar-refractivity contribution in [3.05, 3.63) is 24.0 Å². The second-order valence-corrected chi connectivity index (χ2v) is 10.6. The minimum absolute atomic E-state index is 0.0258. The molecule has 0 bridgehead atoms. The minimum Gasteiger partial charge on any atom is -0.515 e. The molecule has 5 aliphatic rings. The number of rotatable bonds is 0. The maximum atomic E-state index is 12.6. The Kier molecular flexibility index (Phi) is 3.64. The Balaban J connectivity index is 1.61. The van der Waals surface area contributed by atoms with Crippen LogP contribution in [-0.4, -0.2) is 28.9 Å². The van der Waals surface area contributed by atoms with Gasteiger partial charge in [0.15, 0.2) is 11.6 Å². The molecule has 1 N–H and O–H groups in total. The SMILES string of the molecule is CC1(C)O[C@H]2[C@H](O1)[C@H]1CC(=O)/C(=C/O)C[C@]1(C)[C@H]1CC[C@]3(C)C=CC[C@H]3[C@H]21. The van der Waals surface area contributed by atoms with Crippen molar-refractivity contribution in [3.8, 4) is 0 Å². The van der Waals surface area contributed by atoms with Gasteiger partial charge in [0.05, 0.1) is 18.5 Å². The van der Waals surface area contributed by atoms with Gasteiger partial charge in [0.2, 0.25) is 0 Å². The lowest BCUT2D eigenvalue weighted by Gasteiger charge is -2.62. The molecular weight excluding hydrogens is 340 g/mol. The summed E-state index contributed by atoms with van der Waals surface area (Å²) in [6.07, 6.45) is 10.5. The van der Waals surface area contributed by atoms with Crippen LogP contribution < -0.4 is 0 Å². The number of carbonyl (C=O) groups is 1. The summed E-state index contributed by atoms with van der Waals surface area (Å²) in [5.41, 5.74) is 0.828. The molecule has 5 rings (SSSR count). The average Bonchev–Trinajstić information content (AvgIpc) is 3.14. The highest BCUT2D eigenvalue weighted by atomic mass is 16.8. The first-order valence-corrected chi connectivity index (χ1v) is 10.6. The summed E-state index contributed by atoms with van der Waals surface area (Å²) >= 11 is 0. The zero-order chi connectivity index (χ0) is 19.2. The summed E-state index contributed by atoms with van der Waals surface area (Å²) < 4.78 is 13.0. The fourth-order valence-corrected chi connectivity index (χ4v) is 7.55. The lowest BCUT2D eigenvalue weighted by Crippen LogP contribution is -2.63. The standard InChI is InChI=1S/C23H32O4/c1-21(2)26-19-16-10-17(25)13(12-24)11-23(16,4)15-7-9-22(3)8-5-6-14(22)18(15)20(19)27-21/h5,8,12,14-16,18-20,24H,6-7,9-11H2,1-4H3/b13-12+/t14-,15-,16+,18-,19+,20+,22-,23+/m0/s1. The van der Waals surface area contributed by atoms with Crippen LogP contribution in [0.2, 0.25) is 0 Å². The molecule has 0 radical (unpaired) electrons. The molecule has 0 aromatic carbocycles. The molecule has 1 heterocycles. The molecule has 4 fully saturated rings. The second-order valence-electron chi connectivity index (χ2n) is 10.6. The van der Waals surface area contributed by atoms with E-state index in [2.05, 4.69) is 26.0 Å². The third kappa shape index (κ3) is 2.32. The molecule has 4 aliphatic carbocycles. The molecule has 0 aromatic rings. The normalized spacial score (nSPS) is 54.4. The Morgan fingerprint density at radius 1 is 1.11 bits per heavy atom. The highest BCUT2D eigenvalue weighted by Crippen LogP contribution is 2.67. The van der Waals surface area contributed by atoms with Crippen molar-refractivity contribution in [2.75, 3.05) is 0 Å². The molecule has 1 saturated heterocycles. The second kappa shape index (κ2) is 5.48. The summed E-state index contributed by atoms with van der Waals surface area (Å²) in [6, 6.07) is 0. The molecule has 148 valence electrons. The number of hydrogen-bond acceptors (Lipinski definition) is 4. The van der Waals surface area contributed by atoms with E-state index in [0.717, 1.165) is 19.1 Å². The van der Waals surface area contributed by atoms with Crippen molar-refractivity contribution >= 4 is 5.78 Å². The van der Waals surface area contributed by atoms with E-state index < -0.39 is 5.79 Å². The first-order valence-electron chi connectivity index (χ1n) is 10.6. The number of fused-ring (bicyclic) bond motifs is 8. The lowest BCUT2D eigenvalue weighted by atomic mass is 9.43. The third-order valence-corrected chi connectivity index (χ3v) is 8.78. The van der Waals surface area contributed by atoms with Gasteiger partial charge in [-0.15, -0.1) is 0 Å². The van der Waals surface area contributed by atoms with Gasteiger partial charge in [-0.1, -0.05) is 26.0 Å². The molecular formula is C23H32O4. The zero-order valence-corrected chi connectivity index (χ0v) is 16.9. The van der Waals surface area contributed by atoms with Crippen molar-refractivity contribution in [2.24, 2.45) is 34.5 Å². The van der Waals surface area contributed by atoms with Gasteiger partial charge >= 0.3 is 0 Å². The largest absolute Gasteiger partial charge is 0.515 e. The maximum absolute atomic E-state index is 12.6. The number of aliphatic hydroxyl groups is 1. The average molecular weight is 373 g/mol. The van der Waals surface area contributed by atoms with E-state index >= 15 is 0 Å². The number of carbonyl (C=O) groups excluding carboxylic acids is 1. The minimum atomic E-state index is -0.596. The Bertz CT molecular complexity index is 737. The quantitative estimate of drug-likeness (QED) is 0.385. The van der Waals surface area contributed by atoms with Gasteiger partial charge in [-0.3, -0.25) is 4.79 Å². The van der Waals surface area contributed by atoms with Crippen molar-refractivity contribution in [1.29, 1.82) is 0 Å². The van der Waals surface area contributed by atoms with Crippen LogP contribution in [0.3, 0.4) is 0 Å². The first kappa shape index (κ1) is 17.9. The van der Waals surface area contributed by atoms with Crippen LogP contribution in [0.1, 0.15) is 59.8 Å². The van der Waals surface area contributed by atoms with E-state index in [1.807, 2.05) is 13.8 Å². The maximum Gasteiger partial charge on any atom is 0.163 e. The van der Waals surface area contributed by atoms with E-state index in [9.17, 15) is 9.90 Å². The fraction of sp³-hybridized carbons (Fsp3) is 0.783. The molecule has 0 amide bonds. The molecule has 27 heavy (non-hydrogen) atoms. The van der Waals surface area contributed by atoms with Crippen LogP contribution in [0.5, 0.6) is 0 Å². The predicted octanol–water partition coefficient (Wildman–Crippen LogP) is 4.56. The van der Waals surface area contributed by atoms with Crippen LogP contribution in [0.15, 0.2) is 24.0 Å². The summed E-state index contributed by atoms with van der Waals surface area (Å²) in [6.45, 7) is 8.78. The Labute approximate surface area is 162 Å². The molecule has 0 unspecified atom stereocenters. The number of hydrogen-bond donors (Lipinski definition) is 1. The molecule has 0 spiro atoms. The van der Waals surface area contributed by atoms with Gasteiger partial charge in [-0.05, 0) is 68.1 Å². The van der Waals surface area contributed by atoms with Gasteiger partial charge in [-0.2, -0.15) is 0 Å².